The summed E-state index contributed by atoms with van der Waals surface area (Å²) in [6.07, 6.45) is 1.16. The molecule has 1 aromatic heterocycles. The van der Waals surface area contributed by atoms with E-state index in [1.165, 1.54) is 0 Å². The summed E-state index contributed by atoms with van der Waals surface area (Å²) in [6.45, 7) is 5.16. The molecule has 0 fully saturated rings. The lowest BCUT2D eigenvalue weighted by Gasteiger charge is -2.21. The zero-order valence-electron chi connectivity index (χ0n) is 13.8. The highest BCUT2D eigenvalue weighted by Gasteiger charge is 2.21. The van der Waals surface area contributed by atoms with Gasteiger partial charge in [0.1, 0.15) is 5.69 Å². The maximum Gasteiger partial charge on any atom is 0.292 e. The Labute approximate surface area is 146 Å². The lowest BCUT2D eigenvalue weighted by Crippen LogP contribution is -2.33. The van der Waals surface area contributed by atoms with Crippen molar-refractivity contribution in [3.05, 3.63) is 41.1 Å². The standard InChI is InChI=1S/C18H20ClN3O2/c1-13(2)7-10-22(9-4-8-20)18(23)17-12-16(21-24-17)14-5-3-6-15(19)11-14/h3,5-6,11-13H,4,7,9-10H2,1-2H3. The molecule has 1 heterocycles. The summed E-state index contributed by atoms with van der Waals surface area (Å²) in [5.74, 6) is 0.400. The zero-order chi connectivity index (χ0) is 17.5. The van der Waals surface area contributed by atoms with Crippen LogP contribution in [0.4, 0.5) is 0 Å². The van der Waals surface area contributed by atoms with Gasteiger partial charge >= 0.3 is 0 Å². The molecule has 24 heavy (non-hydrogen) atoms. The summed E-state index contributed by atoms with van der Waals surface area (Å²) in [7, 11) is 0. The topological polar surface area (TPSA) is 70.1 Å². The van der Waals surface area contributed by atoms with Crippen molar-refractivity contribution < 1.29 is 9.32 Å². The third-order valence-corrected chi connectivity index (χ3v) is 3.83. The number of hydrogen-bond donors (Lipinski definition) is 0. The second-order valence-electron chi connectivity index (χ2n) is 5.97. The number of carbonyl (C=O) groups excluding carboxylic acids is 1. The van der Waals surface area contributed by atoms with Crippen LogP contribution < -0.4 is 0 Å². The van der Waals surface area contributed by atoms with Gasteiger partial charge in [-0.2, -0.15) is 5.26 Å². The Balaban J connectivity index is 2.16. The van der Waals surface area contributed by atoms with Crippen LogP contribution >= 0.6 is 11.6 Å². The van der Waals surface area contributed by atoms with Gasteiger partial charge in [0.15, 0.2) is 0 Å². The Morgan fingerprint density at radius 1 is 1.38 bits per heavy atom. The molecule has 0 aliphatic heterocycles. The number of halogens is 1. The first-order valence-electron chi connectivity index (χ1n) is 7.90. The Morgan fingerprint density at radius 3 is 2.83 bits per heavy atom. The van der Waals surface area contributed by atoms with Gasteiger partial charge in [-0.05, 0) is 24.5 Å². The summed E-state index contributed by atoms with van der Waals surface area (Å²) >= 11 is 5.98. The molecule has 0 radical (unpaired) electrons. The van der Waals surface area contributed by atoms with Crippen LogP contribution in [0.15, 0.2) is 34.9 Å². The largest absolute Gasteiger partial charge is 0.350 e. The molecule has 0 aliphatic rings. The number of benzene rings is 1. The average molecular weight is 346 g/mol. The first-order chi connectivity index (χ1) is 11.5. The van der Waals surface area contributed by atoms with Gasteiger partial charge in [0.25, 0.3) is 5.91 Å². The summed E-state index contributed by atoms with van der Waals surface area (Å²) < 4.78 is 5.22. The first kappa shape index (κ1) is 18.0. The number of carbonyl (C=O) groups is 1. The Hall–Kier alpha value is -2.32. The van der Waals surface area contributed by atoms with E-state index in [0.717, 1.165) is 12.0 Å². The highest BCUT2D eigenvalue weighted by Crippen LogP contribution is 2.23. The van der Waals surface area contributed by atoms with E-state index < -0.39 is 0 Å². The zero-order valence-corrected chi connectivity index (χ0v) is 14.6. The molecule has 0 unspecified atom stereocenters. The minimum absolute atomic E-state index is 0.173. The van der Waals surface area contributed by atoms with E-state index in [9.17, 15) is 4.79 Å². The minimum atomic E-state index is -0.244. The van der Waals surface area contributed by atoms with Gasteiger partial charge in [0.2, 0.25) is 5.76 Å². The Kier molecular flexibility index (Phi) is 6.39. The molecule has 1 aromatic carbocycles. The molecule has 126 valence electrons. The van der Waals surface area contributed by atoms with Crippen LogP contribution in [0.5, 0.6) is 0 Å². The van der Waals surface area contributed by atoms with Crippen LogP contribution in [0.1, 0.15) is 37.2 Å². The van der Waals surface area contributed by atoms with Crippen molar-refractivity contribution in [1.82, 2.24) is 10.1 Å². The Bertz CT molecular complexity index is 734. The highest BCUT2D eigenvalue weighted by molar-refractivity contribution is 6.30. The third-order valence-electron chi connectivity index (χ3n) is 3.60. The molecule has 0 atom stereocenters. The molecule has 1 amide bonds. The van der Waals surface area contributed by atoms with Crippen molar-refractivity contribution in [3.8, 4) is 17.3 Å². The van der Waals surface area contributed by atoms with Crippen molar-refractivity contribution in [2.24, 2.45) is 5.92 Å². The fourth-order valence-electron chi connectivity index (χ4n) is 2.23. The van der Waals surface area contributed by atoms with E-state index >= 15 is 0 Å². The molecule has 0 spiro atoms. The second kappa shape index (κ2) is 8.51. The van der Waals surface area contributed by atoms with E-state index in [1.807, 2.05) is 12.1 Å². The monoisotopic (exact) mass is 345 g/mol. The van der Waals surface area contributed by atoms with Crippen molar-refractivity contribution in [3.63, 3.8) is 0 Å². The van der Waals surface area contributed by atoms with Gasteiger partial charge in [0, 0.05) is 29.7 Å². The highest BCUT2D eigenvalue weighted by atomic mass is 35.5. The number of nitrogens with zero attached hydrogens (tertiary/aromatic N) is 3. The predicted molar refractivity (Wildman–Crippen MR) is 92.5 cm³/mol. The molecule has 2 aromatic rings. The second-order valence-corrected chi connectivity index (χ2v) is 6.41. The summed E-state index contributed by atoms with van der Waals surface area (Å²) in [5, 5.41) is 13.3. The summed E-state index contributed by atoms with van der Waals surface area (Å²) in [6, 6.07) is 10.9. The molecule has 0 aliphatic carbocycles. The number of amides is 1. The van der Waals surface area contributed by atoms with E-state index in [0.29, 0.717) is 36.1 Å². The average Bonchev–Trinajstić information content (AvgIpc) is 3.04. The molecule has 6 heteroatoms. The maximum absolute atomic E-state index is 12.6. The van der Waals surface area contributed by atoms with E-state index in [4.69, 9.17) is 21.4 Å². The molecule has 5 nitrogen and oxygen atoms in total. The fraction of sp³-hybridized carbons (Fsp3) is 0.389. The minimum Gasteiger partial charge on any atom is -0.350 e. The first-order valence-corrected chi connectivity index (χ1v) is 8.28. The molecule has 2 rings (SSSR count). The smallest absolute Gasteiger partial charge is 0.292 e. The lowest BCUT2D eigenvalue weighted by atomic mass is 10.1. The van der Waals surface area contributed by atoms with Crippen LogP contribution in [0.2, 0.25) is 5.02 Å². The van der Waals surface area contributed by atoms with Gasteiger partial charge in [-0.25, -0.2) is 0 Å². The SMILES string of the molecule is CC(C)CCN(CCC#N)C(=O)c1cc(-c2cccc(Cl)c2)no1. The third kappa shape index (κ3) is 4.84. The summed E-state index contributed by atoms with van der Waals surface area (Å²) in [5.41, 5.74) is 1.35. The number of aromatic nitrogens is 1. The van der Waals surface area contributed by atoms with Crippen molar-refractivity contribution >= 4 is 17.5 Å². The molecular weight excluding hydrogens is 326 g/mol. The van der Waals surface area contributed by atoms with Gasteiger partial charge < -0.3 is 9.42 Å². The van der Waals surface area contributed by atoms with Crippen LogP contribution in [0, 0.1) is 17.2 Å². The number of nitriles is 1. The van der Waals surface area contributed by atoms with Gasteiger partial charge in [-0.1, -0.05) is 42.7 Å². The van der Waals surface area contributed by atoms with Crippen molar-refractivity contribution in [2.45, 2.75) is 26.7 Å². The maximum atomic E-state index is 12.6. The van der Waals surface area contributed by atoms with Crippen molar-refractivity contribution in [2.75, 3.05) is 13.1 Å². The molecule has 0 saturated heterocycles. The van der Waals surface area contributed by atoms with E-state index in [-0.39, 0.29) is 11.7 Å². The molecule has 0 bridgehead atoms. The predicted octanol–water partition coefficient (Wildman–Crippen LogP) is 4.40. The molecular formula is C18H20ClN3O2. The van der Waals surface area contributed by atoms with Gasteiger partial charge in [-0.15, -0.1) is 0 Å². The van der Waals surface area contributed by atoms with Crippen LogP contribution in [0.25, 0.3) is 11.3 Å². The summed E-state index contributed by atoms with van der Waals surface area (Å²) in [4.78, 5) is 14.3. The Morgan fingerprint density at radius 2 is 2.17 bits per heavy atom. The normalized spacial score (nSPS) is 10.6. The van der Waals surface area contributed by atoms with E-state index in [2.05, 4.69) is 25.1 Å². The van der Waals surface area contributed by atoms with Gasteiger partial charge in [-0.3, -0.25) is 4.79 Å². The van der Waals surface area contributed by atoms with E-state index in [1.54, 1.807) is 23.1 Å². The van der Waals surface area contributed by atoms with Crippen LogP contribution in [0.3, 0.4) is 0 Å². The van der Waals surface area contributed by atoms with Crippen molar-refractivity contribution in [1.29, 1.82) is 5.26 Å². The van der Waals surface area contributed by atoms with Crippen LogP contribution in [-0.2, 0) is 0 Å². The quantitative estimate of drug-likeness (QED) is 0.745. The fourth-order valence-corrected chi connectivity index (χ4v) is 2.42. The number of rotatable bonds is 7. The molecule has 0 saturated carbocycles. The number of hydrogen-bond acceptors (Lipinski definition) is 4. The van der Waals surface area contributed by atoms with Crippen LogP contribution in [-0.4, -0.2) is 29.1 Å². The van der Waals surface area contributed by atoms with Gasteiger partial charge in [0.05, 0.1) is 12.5 Å². The lowest BCUT2D eigenvalue weighted by molar-refractivity contribution is 0.0710. The molecule has 0 N–H and O–H groups in total.